The number of nitrogens with zero attached hydrogens (tertiary/aromatic N) is 2. The van der Waals surface area contributed by atoms with Crippen molar-refractivity contribution in [2.24, 2.45) is 4.99 Å². The number of aliphatic imine (C=N–C) groups is 1. The fourth-order valence-electron chi connectivity index (χ4n) is 2.12. The number of benzene rings is 2. The van der Waals surface area contributed by atoms with Gasteiger partial charge in [-0.1, -0.05) is 41.7 Å². The number of hydrogen-bond acceptors (Lipinski definition) is 4. The number of aromatic nitrogens is 1. The maximum atomic E-state index is 5.15. The van der Waals surface area contributed by atoms with Crippen LogP contribution in [0.3, 0.4) is 0 Å². The third-order valence-electron chi connectivity index (χ3n) is 3.27. The Morgan fingerprint density at radius 2 is 1.77 bits per heavy atom. The minimum absolute atomic E-state index is 0.771. The van der Waals surface area contributed by atoms with Crippen molar-refractivity contribution in [2.45, 2.75) is 6.92 Å². The first-order valence-corrected chi connectivity index (χ1v) is 7.79. The molecule has 0 amide bonds. The Hall–Kier alpha value is -2.46. The maximum absolute atomic E-state index is 5.15. The lowest BCUT2D eigenvalue weighted by Gasteiger charge is -1.98. The Morgan fingerprint density at radius 1 is 1.05 bits per heavy atom. The summed E-state index contributed by atoms with van der Waals surface area (Å²) in [5, 5.41) is 0.771. The van der Waals surface area contributed by atoms with E-state index in [2.05, 4.69) is 29.0 Å². The topological polar surface area (TPSA) is 34.5 Å². The summed E-state index contributed by atoms with van der Waals surface area (Å²) in [5.41, 5.74) is 3.16. The van der Waals surface area contributed by atoms with Crippen LogP contribution in [0, 0.1) is 6.92 Å². The van der Waals surface area contributed by atoms with Crippen molar-refractivity contribution >= 4 is 22.7 Å². The normalized spacial score (nSPS) is 11.0. The van der Waals surface area contributed by atoms with E-state index >= 15 is 0 Å². The first kappa shape index (κ1) is 14.5. The second kappa shape index (κ2) is 6.54. The second-order valence-corrected chi connectivity index (χ2v) is 5.98. The van der Waals surface area contributed by atoms with Crippen LogP contribution >= 0.6 is 11.3 Å². The fourth-order valence-corrected chi connectivity index (χ4v) is 2.90. The zero-order valence-electron chi connectivity index (χ0n) is 12.5. The third-order valence-corrected chi connectivity index (χ3v) is 4.15. The Kier molecular flexibility index (Phi) is 4.30. The summed E-state index contributed by atoms with van der Waals surface area (Å²) in [6, 6.07) is 18.0. The number of hydrogen-bond donors (Lipinski definition) is 0. The molecule has 3 aromatic rings. The molecule has 110 valence electrons. The van der Waals surface area contributed by atoms with Gasteiger partial charge in [-0.15, -0.1) is 0 Å². The van der Waals surface area contributed by atoms with Crippen LogP contribution in [0.1, 0.15) is 10.4 Å². The number of rotatable bonds is 4. The van der Waals surface area contributed by atoms with Gasteiger partial charge in [-0.05, 0) is 36.8 Å². The smallest absolute Gasteiger partial charge is 0.209 e. The number of aryl methyl sites for hydroxylation is 1. The standard InChI is InChI=1S/C18H16N2OS/c1-13-17(15-6-4-3-5-7-15)20-18(22-13)19-12-14-8-10-16(21-2)11-9-14/h3-12H,1-2H3/b19-12+. The maximum Gasteiger partial charge on any atom is 0.209 e. The summed E-state index contributed by atoms with van der Waals surface area (Å²) in [7, 11) is 1.66. The molecule has 2 aromatic carbocycles. The van der Waals surface area contributed by atoms with Gasteiger partial charge < -0.3 is 4.74 Å². The van der Waals surface area contributed by atoms with Gasteiger partial charge in [0.15, 0.2) is 0 Å². The van der Waals surface area contributed by atoms with Crippen LogP contribution < -0.4 is 4.74 Å². The Balaban J connectivity index is 1.82. The van der Waals surface area contributed by atoms with E-state index in [9.17, 15) is 0 Å². The molecule has 0 radical (unpaired) electrons. The van der Waals surface area contributed by atoms with Crippen LogP contribution in [0.2, 0.25) is 0 Å². The first-order valence-electron chi connectivity index (χ1n) is 6.97. The summed E-state index contributed by atoms with van der Waals surface area (Å²) >= 11 is 1.60. The van der Waals surface area contributed by atoms with Crippen LogP contribution in [-0.2, 0) is 0 Å². The average molecular weight is 308 g/mol. The van der Waals surface area contributed by atoms with Gasteiger partial charge >= 0.3 is 0 Å². The fraction of sp³-hybridized carbons (Fsp3) is 0.111. The monoisotopic (exact) mass is 308 g/mol. The number of methoxy groups -OCH3 is 1. The molecule has 0 N–H and O–H groups in total. The molecule has 0 aliphatic rings. The van der Waals surface area contributed by atoms with E-state index < -0.39 is 0 Å². The largest absolute Gasteiger partial charge is 0.497 e. The highest BCUT2D eigenvalue weighted by atomic mass is 32.1. The minimum Gasteiger partial charge on any atom is -0.497 e. The van der Waals surface area contributed by atoms with Crippen LogP contribution in [0.5, 0.6) is 5.75 Å². The SMILES string of the molecule is COc1ccc(/C=N/c2nc(-c3ccccc3)c(C)s2)cc1. The Bertz CT molecular complexity index is 777. The quantitative estimate of drug-likeness (QED) is 0.644. The molecule has 0 aliphatic carbocycles. The molecule has 0 saturated carbocycles. The van der Waals surface area contributed by atoms with Gasteiger partial charge in [-0.2, -0.15) is 0 Å². The first-order chi connectivity index (χ1) is 10.8. The Morgan fingerprint density at radius 3 is 2.45 bits per heavy atom. The highest BCUT2D eigenvalue weighted by Crippen LogP contribution is 2.31. The predicted octanol–water partition coefficient (Wildman–Crippen LogP) is 4.88. The van der Waals surface area contributed by atoms with Gasteiger partial charge in [-0.25, -0.2) is 9.98 Å². The molecule has 0 bridgehead atoms. The van der Waals surface area contributed by atoms with Gasteiger partial charge in [-0.3, -0.25) is 0 Å². The number of thiazole rings is 1. The van der Waals surface area contributed by atoms with Crippen molar-refractivity contribution in [1.82, 2.24) is 4.98 Å². The van der Waals surface area contributed by atoms with Gasteiger partial charge in [0, 0.05) is 16.7 Å². The van der Waals surface area contributed by atoms with Gasteiger partial charge in [0.1, 0.15) is 5.75 Å². The molecule has 1 heterocycles. The number of ether oxygens (including phenoxy) is 1. The molecule has 0 spiro atoms. The molecule has 22 heavy (non-hydrogen) atoms. The van der Waals surface area contributed by atoms with E-state index in [0.717, 1.165) is 27.7 Å². The zero-order valence-corrected chi connectivity index (χ0v) is 13.3. The average Bonchev–Trinajstić information content (AvgIpc) is 2.95. The van der Waals surface area contributed by atoms with Crippen LogP contribution in [-0.4, -0.2) is 18.3 Å². The second-order valence-electron chi connectivity index (χ2n) is 4.80. The molecular weight excluding hydrogens is 292 g/mol. The van der Waals surface area contributed by atoms with Crippen LogP contribution in [0.15, 0.2) is 59.6 Å². The molecule has 3 nitrogen and oxygen atoms in total. The van der Waals surface area contributed by atoms with E-state index in [4.69, 9.17) is 4.74 Å². The van der Waals surface area contributed by atoms with Crippen LogP contribution in [0.4, 0.5) is 5.13 Å². The van der Waals surface area contributed by atoms with Crippen molar-refractivity contribution in [3.63, 3.8) is 0 Å². The lowest BCUT2D eigenvalue weighted by atomic mass is 10.1. The molecule has 0 saturated heterocycles. The van der Waals surface area contributed by atoms with Gasteiger partial charge in [0.05, 0.1) is 12.8 Å². The van der Waals surface area contributed by atoms with Crippen molar-refractivity contribution < 1.29 is 4.74 Å². The van der Waals surface area contributed by atoms with Crippen molar-refractivity contribution in [1.29, 1.82) is 0 Å². The van der Waals surface area contributed by atoms with E-state index in [-0.39, 0.29) is 0 Å². The van der Waals surface area contributed by atoms with E-state index in [1.807, 2.05) is 48.7 Å². The predicted molar refractivity (Wildman–Crippen MR) is 92.5 cm³/mol. The molecule has 0 unspecified atom stereocenters. The highest BCUT2D eigenvalue weighted by molar-refractivity contribution is 7.15. The molecule has 0 aliphatic heterocycles. The van der Waals surface area contributed by atoms with Crippen molar-refractivity contribution in [2.75, 3.05) is 7.11 Å². The summed E-state index contributed by atoms with van der Waals surface area (Å²) in [6.45, 7) is 2.08. The summed E-state index contributed by atoms with van der Waals surface area (Å²) in [4.78, 5) is 10.3. The zero-order chi connectivity index (χ0) is 15.4. The van der Waals surface area contributed by atoms with Crippen LogP contribution in [0.25, 0.3) is 11.3 Å². The molecule has 1 aromatic heterocycles. The van der Waals surface area contributed by atoms with E-state index in [1.165, 1.54) is 4.88 Å². The van der Waals surface area contributed by atoms with Gasteiger partial charge in [0.2, 0.25) is 5.13 Å². The van der Waals surface area contributed by atoms with Crippen molar-refractivity contribution in [3.8, 4) is 17.0 Å². The third kappa shape index (κ3) is 3.23. The lowest BCUT2D eigenvalue weighted by molar-refractivity contribution is 0.415. The molecule has 0 fully saturated rings. The minimum atomic E-state index is 0.771. The molecule has 4 heteroatoms. The lowest BCUT2D eigenvalue weighted by Crippen LogP contribution is -1.84. The van der Waals surface area contributed by atoms with E-state index in [1.54, 1.807) is 18.4 Å². The van der Waals surface area contributed by atoms with E-state index in [0.29, 0.717) is 0 Å². The Labute approximate surface area is 134 Å². The molecule has 0 atom stereocenters. The van der Waals surface area contributed by atoms with Gasteiger partial charge in [0.25, 0.3) is 0 Å². The summed E-state index contributed by atoms with van der Waals surface area (Å²) in [6.07, 6.45) is 1.83. The summed E-state index contributed by atoms with van der Waals surface area (Å²) < 4.78 is 5.15. The van der Waals surface area contributed by atoms with Crippen molar-refractivity contribution in [3.05, 3.63) is 65.0 Å². The highest BCUT2D eigenvalue weighted by Gasteiger charge is 2.08. The summed E-state index contributed by atoms with van der Waals surface area (Å²) in [5.74, 6) is 0.841. The molecule has 3 rings (SSSR count). The molecular formula is C18H16N2OS.